The number of hydrogen-bond acceptors (Lipinski definition) is 2. The Morgan fingerprint density at radius 2 is 2.21 bits per heavy atom. The molecule has 0 spiro atoms. The third kappa shape index (κ3) is 4.26. The zero-order valence-corrected chi connectivity index (χ0v) is 10.6. The lowest BCUT2D eigenvalue weighted by Gasteiger charge is -2.14. The van der Waals surface area contributed by atoms with E-state index in [9.17, 15) is 14.0 Å². The van der Waals surface area contributed by atoms with Crippen LogP contribution in [0.1, 0.15) is 6.42 Å². The summed E-state index contributed by atoms with van der Waals surface area (Å²) in [7, 11) is 0. The zero-order chi connectivity index (χ0) is 14.4. The predicted molar refractivity (Wildman–Crippen MR) is 69.8 cm³/mol. The number of anilines is 1. The van der Waals surface area contributed by atoms with Crippen molar-refractivity contribution >= 4 is 29.3 Å². The number of urea groups is 1. The summed E-state index contributed by atoms with van der Waals surface area (Å²) in [4.78, 5) is 22.4. The van der Waals surface area contributed by atoms with Crippen LogP contribution >= 0.6 is 11.6 Å². The molecule has 0 bridgehead atoms. The van der Waals surface area contributed by atoms with Crippen molar-refractivity contribution in [1.29, 1.82) is 0 Å². The number of halogens is 2. The standard InChI is InChI=1S/C12H12ClFN2O3/c1-2-4-9(11(17)18)15-12(19)16-10-7(13)5-3-6-8(10)14/h2-3,5-6,9H,1,4H2,(H,17,18)(H2,15,16,19). The smallest absolute Gasteiger partial charge is 0.326 e. The maximum atomic E-state index is 13.4. The predicted octanol–water partition coefficient (Wildman–Crippen LogP) is 2.63. The second-order valence-corrected chi connectivity index (χ2v) is 4.02. The molecule has 5 nitrogen and oxygen atoms in total. The molecule has 2 amide bonds. The number of carboxylic acids is 1. The van der Waals surface area contributed by atoms with Gasteiger partial charge in [-0.2, -0.15) is 0 Å². The largest absolute Gasteiger partial charge is 0.480 e. The highest BCUT2D eigenvalue weighted by Crippen LogP contribution is 2.24. The Labute approximate surface area is 114 Å². The molecule has 1 aromatic rings. The maximum absolute atomic E-state index is 13.4. The van der Waals surface area contributed by atoms with E-state index in [0.29, 0.717) is 0 Å². The Bertz CT molecular complexity index is 487. The first kappa shape index (κ1) is 15.0. The van der Waals surface area contributed by atoms with Crippen LogP contribution in [-0.2, 0) is 4.79 Å². The highest BCUT2D eigenvalue weighted by Gasteiger charge is 2.19. The van der Waals surface area contributed by atoms with Gasteiger partial charge in [0.2, 0.25) is 0 Å². The monoisotopic (exact) mass is 286 g/mol. The lowest BCUT2D eigenvalue weighted by atomic mass is 10.2. The van der Waals surface area contributed by atoms with Gasteiger partial charge in [-0.1, -0.05) is 23.7 Å². The third-order valence-electron chi connectivity index (χ3n) is 2.21. The second kappa shape index (κ2) is 6.75. The van der Waals surface area contributed by atoms with E-state index in [4.69, 9.17) is 16.7 Å². The van der Waals surface area contributed by atoms with Gasteiger partial charge in [-0.05, 0) is 18.6 Å². The van der Waals surface area contributed by atoms with Gasteiger partial charge in [0.25, 0.3) is 0 Å². The van der Waals surface area contributed by atoms with Crippen LogP contribution in [-0.4, -0.2) is 23.1 Å². The van der Waals surface area contributed by atoms with Crippen molar-refractivity contribution in [3.05, 3.63) is 41.7 Å². The van der Waals surface area contributed by atoms with E-state index in [1.807, 2.05) is 0 Å². The molecule has 1 unspecified atom stereocenters. The Morgan fingerprint density at radius 1 is 1.53 bits per heavy atom. The van der Waals surface area contributed by atoms with E-state index in [-0.39, 0.29) is 17.1 Å². The number of benzene rings is 1. The van der Waals surface area contributed by atoms with Crippen molar-refractivity contribution in [2.45, 2.75) is 12.5 Å². The van der Waals surface area contributed by atoms with Gasteiger partial charge in [0, 0.05) is 0 Å². The molecule has 0 radical (unpaired) electrons. The van der Waals surface area contributed by atoms with Gasteiger partial charge in [0.15, 0.2) is 0 Å². The van der Waals surface area contributed by atoms with Crippen LogP contribution in [0.4, 0.5) is 14.9 Å². The van der Waals surface area contributed by atoms with Gasteiger partial charge in [-0.25, -0.2) is 14.0 Å². The fraction of sp³-hybridized carbons (Fsp3) is 0.167. The van der Waals surface area contributed by atoms with Crippen LogP contribution in [0, 0.1) is 5.82 Å². The van der Waals surface area contributed by atoms with Gasteiger partial charge in [-0.15, -0.1) is 6.58 Å². The minimum atomic E-state index is -1.21. The van der Waals surface area contributed by atoms with Crippen LogP contribution < -0.4 is 10.6 Å². The zero-order valence-electron chi connectivity index (χ0n) is 9.82. The molecule has 1 aromatic carbocycles. The van der Waals surface area contributed by atoms with Gasteiger partial charge < -0.3 is 15.7 Å². The summed E-state index contributed by atoms with van der Waals surface area (Å²) in [5.41, 5.74) is -0.204. The number of rotatable bonds is 5. The summed E-state index contributed by atoms with van der Waals surface area (Å²) in [5.74, 6) is -1.92. The van der Waals surface area contributed by atoms with Gasteiger partial charge >= 0.3 is 12.0 Å². The van der Waals surface area contributed by atoms with Crippen LogP contribution in [0.25, 0.3) is 0 Å². The Morgan fingerprint density at radius 3 is 2.74 bits per heavy atom. The molecule has 0 fully saturated rings. The van der Waals surface area contributed by atoms with Crippen molar-refractivity contribution in [2.24, 2.45) is 0 Å². The summed E-state index contributed by atoms with van der Waals surface area (Å²) < 4.78 is 13.4. The number of para-hydroxylation sites is 1. The molecule has 0 aliphatic carbocycles. The molecule has 1 rings (SSSR count). The summed E-state index contributed by atoms with van der Waals surface area (Å²) in [6, 6.07) is 1.92. The van der Waals surface area contributed by atoms with E-state index >= 15 is 0 Å². The van der Waals surface area contributed by atoms with Crippen LogP contribution in [0.2, 0.25) is 5.02 Å². The first-order valence-electron chi connectivity index (χ1n) is 5.31. The number of carbonyl (C=O) groups is 2. The molecular weight excluding hydrogens is 275 g/mol. The first-order valence-corrected chi connectivity index (χ1v) is 5.68. The van der Waals surface area contributed by atoms with Crippen molar-refractivity contribution in [3.8, 4) is 0 Å². The summed E-state index contributed by atoms with van der Waals surface area (Å²) in [6.45, 7) is 3.39. The molecule has 7 heteroatoms. The fourth-order valence-electron chi connectivity index (χ4n) is 1.31. The molecular formula is C12H12ClFN2O3. The van der Waals surface area contributed by atoms with Gasteiger partial charge in [0.1, 0.15) is 11.9 Å². The van der Waals surface area contributed by atoms with Gasteiger partial charge in [0.05, 0.1) is 10.7 Å². The molecule has 0 saturated carbocycles. The molecule has 0 aliphatic heterocycles. The second-order valence-electron chi connectivity index (χ2n) is 3.61. The molecule has 102 valence electrons. The quantitative estimate of drug-likeness (QED) is 0.728. The number of hydrogen-bond donors (Lipinski definition) is 3. The van der Waals surface area contributed by atoms with Crippen molar-refractivity contribution in [2.75, 3.05) is 5.32 Å². The summed E-state index contributed by atoms with van der Waals surface area (Å²) >= 11 is 5.72. The molecule has 1 atom stereocenters. The summed E-state index contributed by atoms with van der Waals surface area (Å²) in [6.07, 6.45) is 1.41. The number of aliphatic carboxylic acids is 1. The molecule has 3 N–H and O–H groups in total. The Kier molecular flexibility index (Phi) is 5.32. The first-order chi connectivity index (χ1) is 8.95. The van der Waals surface area contributed by atoms with Gasteiger partial charge in [-0.3, -0.25) is 0 Å². The minimum absolute atomic E-state index is 0.0192. The SMILES string of the molecule is C=CCC(NC(=O)Nc1c(F)cccc1Cl)C(=O)O. The molecule has 0 aromatic heterocycles. The van der Waals surface area contributed by atoms with E-state index in [2.05, 4.69) is 17.2 Å². The van der Waals surface area contributed by atoms with Crippen molar-refractivity contribution in [1.82, 2.24) is 5.32 Å². The van der Waals surface area contributed by atoms with Crippen LogP contribution in [0.5, 0.6) is 0 Å². The summed E-state index contributed by atoms with van der Waals surface area (Å²) in [5, 5.41) is 13.2. The number of carbonyl (C=O) groups excluding carboxylic acids is 1. The fourth-order valence-corrected chi connectivity index (χ4v) is 1.52. The highest BCUT2D eigenvalue weighted by molar-refractivity contribution is 6.33. The topological polar surface area (TPSA) is 78.4 Å². The van der Waals surface area contributed by atoms with Crippen molar-refractivity contribution in [3.63, 3.8) is 0 Å². The molecule has 0 heterocycles. The average molecular weight is 287 g/mol. The average Bonchev–Trinajstić information content (AvgIpc) is 2.33. The van der Waals surface area contributed by atoms with Crippen molar-refractivity contribution < 1.29 is 19.1 Å². The number of carboxylic acid groups (broad SMARTS) is 1. The molecule has 19 heavy (non-hydrogen) atoms. The Balaban J connectivity index is 2.74. The lowest BCUT2D eigenvalue weighted by Crippen LogP contribution is -2.42. The maximum Gasteiger partial charge on any atom is 0.326 e. The normalized spacial score (nSPS) is 11.5. The van der Waals surface area contributed by atoms with E-state index in [0.717, 1.165) is 6.07 Å². The lowest BCUT2D eigenvalue weighted by molar-refractivity contribution is -0.139. The number of nitrogens with one attached hydrogen (secondary N) is 2. The van der Waals surface area contributed by atoms with Crippen LogP contribution in [0.15, 0.2) is 30.9 Å². The Hall–Kier alpha value is -2.08. The minimum Gasteiger partial charge on any atom is -0.480 e. The highest BCUT2D eigenvalue weighted by atomic mass is 35.5. The third-order valence-corrected chi connectivity index (χ3v) is 2.52. The van der Waals surface area contributed by atoms with E-state index in [1.165, 1.54) is 18.2 Å². The molecule has 0 saturated heterocycles. The van der Waals surface area contributed by atoms with Crippen LogP contribution in [0.3, 0.4) is 0 Å². The number of amides is 2. The molecule has 0 aliphatic rings. The van der Waals surface area contributed by atoms with E-state index in [1.54, 1.807) is 0 Å². The van der Waals surface area contributed by atoms with E-state index < -0.39 is 23.9 Å².